The molecule has 0 aliphatic heterocycles. The largest absolute Gasteiger partial charge is 0.506 e. The minimum absolute atomic E-state index is 0. The van der Waals surface area contributed by atoms with Gasteiger partial charge in [0.25, 0.3) is 0 Å². The molecule has 10 nitrogen and oxygen atoms in total. The number of aryl methyl sites for hydroxylation is 1. The topological polar surface area (TPSA) is 168 Å². The first-order valence-corrected chi connectivity index (χ1v) is 13.3. The normalized spacial score (nSPS) is 11.0. The molecule has 0 aliphatic carbocycles. The number of rotatable bonds is 5. The number of phenolic OH excluding ortho intramolecular Hbond substituents is 4. The molecule has 45 heavy (non-hydrogen) atoms. The summed E-state index contributed by atoms with van der Waals surface area (Å²) in [6.45, 7) is 1.91. The van der Waals surface area contributed by atoms with Crippen LogP contribution >= 0.6 is 0 Å². The van der Waals surface area contributed by atoms with Crippen LogP contribution < -0.4 is 0 Å². The smallest absolute Gasteiger partial charge is 0.335 e. The van der Waals surface area contributed by atoms with Gasteiger partial charge in [0.2, 0.25) is 0 Å². The zero-order valence-electron chi connectivity index (χ0n) is 23.7. The molecule has 6 aromatic rings. The number of carboxylic acid groups (broad SMARTS) is 1. The molecule has 0 heterocycles. The Bertz CT molecular complexity index is 2080. The van der Waals surface area contributed by atoms with Gasteiger partial charge in [0.05, 0.1) is 5.56 Å². The van der Waals surface area contributed by atoms with E-state index < -0.39 is 5.97 Å². The van der Waals surface area contributed by atoms with Crippen molar-refractivity contribution in [2.24, 2.45) is 20.5 Å². The summed E-state index contributed by atoms with van der Waals surface area (Å²) in [5.74, 6) is -1.21. The molecule has 11 heteroatoms. The van der Waals surface area contributed by atoms with E-state index in [9.17, 15) is 25.2 Å². The van der Waals surface area contributed by atoms with Gasteiger partial charge in [0.1, 0.15) is 34.2 Å². The third kappa shape index (κ3) is 7.43. The first kappa shape index (κ1) is 32.2. The van der Waals surface area contributed by atoms with Crippen molar-refractivity contribution in [1.82, 2.24) is 0 Å². The average Bonchev–Trinajstić information content (AvgIpc) is 3.03. The second-order valence-electron chi connectivity index (χ2n) is 9.71. The fourth-order valence-electron chi connectivity index (χ4n) is 4.31. The Labute approximate surface area is 268 Å². The molecule has 0 fully saturated rings. The molecule has 224 valence electrons. The second-order valence-corrected chi connectivity index (χ2v) is 9.71. The van der Waals surface area contributed by atoms with Crippen molar-refractivity contribution in [2.45, 2.75) is 6.92 Å². The number of carboxylic acids is 1. The standard InChI is InChI=1S/C17H12N2O4.C17H14N2O2.Cr/c20-15-8-6-11(17(22)23)9-14(15)19-18-13-7-5-10-3-1-2-4-12(10)16(13)21;1-11-6-9-16(20)15(10-11)19-18-14-8-7-12-4-2-3-5-13(12)17(14)21;/h1-9,20-21H,(H,22,23);2-10,20-21H,1H3;. The quantitative estimate of drug-likeness (QED) is 0.118. The molecule has 5 N–H and O–H groups in total. The summed E-state index contributed by atoms with van der Waals surface area (Å²) in [6, 6.07) is 30.6. The Morgan fingerprint density at radius 3 is 1.49 bits per heavy atom. The third-order valence-corrected chi connectivity index (χ3v) is 6.64. The van der Waals surface area contributed by atoms with E-state index >= 15 is 0 Å². The number of fused-ring (bicyclic) bond motifs is 2. The predicted octanol–water partition coefficient (Wildman–Crippen LogP) is 9.34. The Balaban J connectivity index is 0.000000201. The maximum Gasteiger partial charge on any atom is 0.335 e. The number of hydrogen-bond donors (Lipinski definition) is 5. The fourth-order valence-corrected chi connectivity index (χ4v) is 4.31. The summed E-state index contributed by atoms with van der Waals surface area (Å²) in [7, 11) is 0. The number of nitrogens with zero attached hydrogens (tertiary/aromatic N) is 4. The maximum atomic E-state index is 10.9. The van der Waals surface area contributed by atoms with Crippen molar-refractivity contribution < 1.29 is 47.7 Å². The van der Waals surface area contributed by atoms with Crippen molar-refractivity contribution in [1.29, 1.82) is 0 Å². The van der Waals surface area contributed by atoms with Gasteiger partial charge in [-0.25, -0.2) is 4.79 Å². The van der Waals surface area contributed by atoms with Crippen LogP contribution in [0.4, 0.5) is 22.7 Å². The van der Waals surface area contributed by atoms with Gasteiger partial charge in [0.15, 0.2) is 11.5 Å². The van der Waals surface area contributed by atoms with Gasteiger partial charge in [0, 0.05) is 28.1 Å². The predicted molar refractivity (Wildman–Crippen MR) is 167 cm³/mol. The van der Waals surface area contributed by atoms with Gasteiger partial charge >= 0.3 is 5.97 Å². The second kappa shape index (κ2) is 14.1. The fraction of sp³-hybridized carbons (Fsp3) is 0.0294. The van der Waals surface area contributed by atoms with E-state index in [4.69, 9.17) is 5.11 Å². The molecular formula is C34H26CrN4O6. The molecular weight excluding hydrogens is 612 g/mol. The molecule has 0 aliphatic rings. The van der Waals surface area contributed by atoms with E-state index in [1.807, 2.05) is 49.4 Å². The minimum atomic E-state index is -1.13. The number of benzene rings is 6. The van der Waals surface area contributed by atoms with Gasteiger partial charge in [-0.2, -0.15) is 0 Å². The molecule has 0 saturated carbocycles. The number of aromatic hydroxyl groups is 4. The van der Waals surface area contributed by atoms with Crippen molar-refractivity contribution in [3.63, 3.8) is 0 Å². The van der Waals surface area contributed by atoms with Crippen LogP contribution in [0.3, 0.4) is 0 Å². The van der Waals surface area contributed by atoms with Gasteiger partial charge in [-0.05, 0) is 65.7 Å². The monoisotopic (exact) mass is 638 g/mol. The Morgan fingerprint density at radius 2 is 0.978 bits per heavy atom. The van der Waals surface area contributed by atoms with Crippen LogP contribution in [0.15, 0.2) is 130 Å². The minimum Gasteiger partial charge on any atom is -0.506 e. The summed E-state index contributed by atoms with van der Waals surface area (Å²) in [4.78, 5) is 10.9. The first-order chi connectivity index (χ1) is 21.2. The van der Waals surface area contributed by atoms with Crippen LogP contribution in [-0.2, 0) is 17.4 Å². The number of phenols is 4. The van der Waals surface area contributed by atoms with Crippen molar-refractivity contribution in [3.05, 3.63) is 120 Å². The molecule has 0 amide bonds. The van der Waals surface area contributed by atoms with Gasteiger partial charge < -0.3 is 25.5 Å². The maximum absolute atomic E-state index is 10.9. The molecule has 0 atom stereocenters. The molecule has 0 aromatic heterocycles. The van der Waals surface area contributed by atoms with E-state index in [0.29, 0.717) is 16.8 Å². The number of aromatic carboxylic acids is 1. The number of carbonyl (C=O) groups is 1. The summed E-state index contributed by atoms with van der Waals surface area (Å²) >= 11 is 0. The van der Waals surface area contributed by atoms with Gasteiger partial charge in [-0.15, -0.1) is 20.5 Å². The van der Waals surface area contributed by atoms with E-state index in [2.05, 4.69) is 20.5 Å². The molecule has 0 unspecified atom stereocenters. The molecule has 0 spiro atoms. The molecule has 6 aromatic carbocycles. The van der Waals surface area contributed by atoms with Crippen molar-refractivity contribution in [3.8, 4) is 23.0 Å². The van der Waals surface area contributed by atoms with Crippen LogP contribution in [-0.4, -0.2) is 31.5 Å². The average molecular weight is 639 g/mol. The van der Waals surface area contributed by atoms with Crippen molar-refractivity contribution in [2.75, 3.05) is 0 Å². The zero-order valence-corrected chi connectivity index (χ0v) is 25.0. The zero-order chi connectivity index (χ0) is 31.2. The van der Waals surface area contributed by atoms with Crippen molar-refractivity contribution >= 4 is 50.3 Å². The van der Waals surface area contributed by atoms with Gasteiger partial charge in [-0.1, -0.05) is 66.7 Å². The van der Waals surface area contributed by atoms with Gasteiger partial charge in [-0.3, -0.25) is 0 Å². The Morgan fingerprint density at radius 1 is 0.533 bits per heavy atom. The van der Waals surface area contributed by atoms with Crippen LogP contribution in [0.2, 0.25) is 0 Å². The van der Waals surface area contributed by atoms with Crippen LogP contribution in [0.25, 0.3) is 21.5 Å². The van der Waals surface area contributed by atoms with E-state index in [1.54, 1.807) is 48.5 Å². The molecule has 0 bridgehead atoms. The summed E-state index contributed by atoms with van der Waals surface area (Å²) in [6.07, 6.45) is 0. The van der Waals surface area contributed by atoms with E-state index in [0.717, 1.165) is 21.7 Å². The van der Waals surface area contributed by atoms with E-state index in [-0.39, 0.29) is 57.3 Å². The summed E-state index contributed by atoms with van der Waals surface area (Å²) < 4.78 is 0. The van der Waals surface area contributed by atoms with Crippen LogP contribution in [0.1, 0.15) is 15.9 Å². The SMILES string of the molecule is Cc1ccc(O)c(N=Nc2ccc3ccccc3c2O)c1.O=C(O)c1ccc(O)c(N=Nc2ccc3ccccc3c2O)c1.[Cr]. The molecule has 0 radical (unpaired) electrons. The van der Waals surface area contributed by atoms with E-state index in [1.165, 1.54) is 18.2 Å². The first-order valence-electron chi connectivity index (χ1n) is 13.3. The van der Waals surface area contributed by atoms with Crippen LogP contribution in [0.5, 0.6) is 23.0 Å². The third-order valence-electron chi connectivity index (χ3n) is 6.64. The number of azo groups is 2. The Kier molecular flexibility index (Phi) is 10.1. The molecule has 6 rings (SSSR count). The number of hydrogen-bond acceptors (Lipinski definition) is 9. The summed E-state index contributed by atoms with van der Waals surface area (Å²) in [5, 5.41) is 67.8. The Hall–Kier alpha value is -5.76. The van der Waals surface area contributed by atoms with Crippen LogP contribution in [0, 0.1) is 6.92 Å². The summed E-state index contributed by atoms with van der Waals surface area (Å²) in [5.41, 5.74) is 1.95. The molecule has 0 saturated heterocycles.